The summed E-state index contributed by atoms with van der Waals surface area (Å²) >= 11 is 0. The van der Waals surface area contributed by atoms with E-state index in [0.29, 0.717) is 5.69 Å². The van der Waals surface area contributed by atoms with E-state index in [9.17, 15) is 14.9 Å². The first-order chi connectivity index (χ1) is 12.2. The number of hydrogen-bond donors (Lipinski definition) is 2. The zero-order valence-corrected chi connectivity index (χ0v) is 15.2. The summed E-state index contributed by atoms with van der Waals surface area (Å²) in [5, 5.41) is 26.2. The Hall–Kier alpha value is -2.82. The topological polar surface area (TPSA) is 117 Å². The maximum Gasteiger partial charge on any atom is 0.407 e. The fraction of sp³-hybridized carbons (Fsp3) is 0.556. The van der Waals surface area contributed by atoms with Crippen LogP contribution in [0.5, 0.6) is 0 Å². The van der Waals surface area contributed by atoms with Gasteiger partial charge in [-0.3, -0.25) is 10.1 Å². The fourth-order valence-corrected chi connectivity index (χ4v) is 2.95. The molecule has 26 heavy (non-hydrogen) atoms. The molecule has 1 aromatic rings. The third kappa shape index (κ3) is 5.62. The molecule has 0 radical (unpaired) electrons. The minimum absolute atomic E-state index is 0.0406. The lowest BCUT2D eigenvalue weighted by Crippen LogP contribution is -2.42. The molecule has 8 heteroatoms. The number of nitrogens with one attached hydrogen (secondary N) is 2. The molecule has 1 aromatic carbocycles. The molecule has 2 N–H and O–H groups in total. The zero-order chi connectivity index (χ0) is 19.3. The number of nitrogens with zero attached hydrogens (tertiary/aromatic N) is 2. The van der Waals surface area contributed by atoms with Gasteiger partial charge in [-0.05, 0) is 58.6 Å². The third-order valence-electron chi connectivity index (χ3n) is 4.13. The molecule has 0 saturated heterocycles. The summed E-state index contributed by atoms with van der Waals surface area (Å²) in [6.07, 6.45) is 2.66. The molecule has 0 heterocycles. The maximum atomic E-state index is 11.8. The molecule has 8 nitrogen and oxygen atoms in total. The minimum Gasteiger partial charge on any atom is -0.444 e. The number of alkyl carbamates (subject to hydrolysis) is 1. The van der Waals surface area contributed by atoms with E-state index in [1.807, 2.05) is 26.8 Å². The second-order valence-corrected chi connectivity index (χ2v) is 7.44. The van der Waals surface area contributed by atoms with Gasteiger partial charge in [0.15, 0.2) is 0 Å². The molecule has 0 unspecified atom stereocenters. The number of amides is 1. The van der Waals surface area contributed by atoms with Gasteiger partial charge in [-0.1, -0.05) is 0 Å². The number of nitro groups is 1. The van der Waals surface area contributed by atoms with Crippen molar-refractivity contribution >= 4 is 17.5 Å². The van der Waals surface area contributed by atoms with Crippen LogP contribution in [0, 0.1) is 21.4 Å². The standard InChI is InChI=1S/C18H24N4O4/c1-18(2,3)26-17(23)21-14-7-5-13(6-8-14)20-15-9-4-12(11-19)10-16(15)22(24)25/h4,9-10,13-14,20H,5-8H2,1-3H3,(H,21,23)/t13-,14-. The van der Waals surface area contributed by atoms with Crippen LogP contribution >= 0.6 is 0 Å². The molecule has 2 rings (SSSR count). The van der Waals surface area contributed by atoms with Gasteiger partial charge in [0, 0.05) is 18.2 Å². The van der Waals surface area contributed by atoms with Crippen LogP contribution in [0.15, 0.2) is 18.2 Å². The van der Waals surface area contributed by atoms with Crippen molar-refractivity contribution in [1.29, 1.82) is 5.26 Å². The van der Waals surface area contributed by atoms with Crippen molar-refractivity contribution in [2.45, 2.75) is 64.1 Å². The van der Waals surface area contributed by atoms with Crippen molar-refractivity contribution in [3.63, 3.8) is 0 Å². The Kier molecular flexibility index (Phi) is 6.03. The number of benzene rings is 1. The van der Waals surface area contributed by atoms with Gasteiger partial charge in [-0.2, -0.15) is 5.26 Å². The van der Waals surface area contributed by atoms with Crippen molar-refractivity contribution in [2.75, 3.05) is 5.32 Å². The number of nitro benzene ring substituents is 1. The quantitative estimate of drug-likeness (QED) is 0.624. The largest absolute Gasteiger partial charge is 0.444 e. The van der Waals surface area contributed by atoms with Crippen LogP contribution < -0.4 is 10.6 Å². The zero-order valence-electron chi connectivity index (χ0n) is 15.2. The average molecular weight is 360 g/mol. The van der Waals surface area contributed by atoms with E-state index in [0.717, 1.165) is 25.7 Å². The number of carbonyl (C=O) groups excluding carboxylic acids is 1. The van der Waals surface area contributed by atoms with Crippen molar-refractivity contribution in [3.05, 3.63) is 33.9 Å². The predicted octanol–water partition coefficient (Wildman–Crippen LogP) is 3.71. The lowest BCUT2D eigenvalue weighted by atomic mass is 9.91. The van der Waals surface area contributed by atoms with Crippen molar-refractivity contribution < 1.29 is 14.5 Å². The first-order valence-corrected chi connectivity index (χ1v) is 8.62. The van der Waals surface area contributed by atoms with Gasteiger partial charge in [0.25, 0.3) is 5.69 Å². The summed E-state index contributed by atoms with van der Waals surface area (Å²) < 4.78 is 5.26. The van der Waals surface area contributed by atoms with Gasteiger partial charge in [-0.25, -0.2) is 4.79 Å². The Morgan fingerprint density at radius 2 is 1.88 bits per heavy atom. The van der Waals surface area contributed by atoms with E-state index < -0.39 is 16.6 Å². The van der Waals surface area contributed by atoms with E-state index in [4.69, 9.17) is 10.00 Å². The highest BCUT2D eigenvalue weighted by molar-refractivity contribution is 5.68. The molecule has 0 atom stereocenters. The Bertz CT molecular complexity index is 713. The highest BCUT2D eigenvalue weighted by Gasteiger charge is 2.26. The van der Waals surface area contributed by atoms with Crippen molar-refractivity contribution in [3.8, 4) is 6.07 Å². The van der Waals surface area contributed by atoms with Gasteiger partial charge in [0.2, 0.25) is 0 Å². The van der Waals surface area contributed by atoms with Crippen molar-refractivity contribution in [1.82, 2.24) is 5.32 Å². The maximum absolute atomic E-state index is 11.8. The highest BCUT2D eigenvalue weighted by Crippen LogP contribution is 2.29. The number of ether oxygens (including phenoxy) is 1. The normalized spacial score (nSPS) is 19.9. The molecule has 0 bridgehead atoms. The second-order valence-electron chi connectivity index (χ2n) is 7.44. The summed E-state index contributed by atoms with van der Waals surface area (Å²) in [4.78, 5) is 22.6. The van der Waals surface area contributed by atoms with Gasteiger partial charge in [-0.15, -0.1) is 0 Å². The van der Waals surface area contributed by atoms with Crippen LogP contribution in [0.25, 0.3) is 0 Å². The molecule has 0 aromatic heterocycles. The van der Waals surface area contributed by atoms with Gasteiger partial charge in [0.05, 0.1) is 16.6 Å². The summed E-state index contributed by atoms with van der Waals surface area (Å²) in [5.41, 5.74) is 0.0419. The summed E-state index contributed by atoms with van der Waals surface area (Å²) in [6, 6.07) is 6.44. The molecular formula is C18H24N4O4. The lowest BCUT2D eigenvalue weighted by molar-refractivity contribution is -0.384. The molecule has 1 aliphatic carbocycles. The first-order valence-electron chi connectivity index (χ1n) is 8.62. The fourth-order valence-electron chi connectivity index (χ4n) is 2.95. The van der Waals surface area contributed by atoms with Gasteiger partial charge < -0.3 is 15.4 Å². The van der Waals surface area contributed by atoms with E-state index >= 15 is 0 Å². The highest BCUT2D eigenvalue weighted by atomic mass is 16.6. The molecule has 1 amide bonds. The number of anilines is 1. The molecule has 0 spiro atoms. The van der Waals surface area contributed by atoms with Crippen LogP contribution in [-0.2, 0) is 4.74 Å². The predicted molar refractivity (Wildman–Crippen MR) is 96.8 cm³/mol. The van der Waals surface area contributed by atoms with Gasteiger partial charge >= 0.3 is 6.09 Å². The Labute approximate surface area is 152 Å². The van der Waals surface area contributed by atoms with Crippen LogP contribution in [0.1, 0.15) is 52.0 Å². The Balaban J connectivity index is 1.90. The SMILES string of the molecule is CC(C)(C)OC(=O)N[C@H]1CC[C@H](Nc2ccc(C#N)cc2[N+](=O)[O-])CC1. The summed E-state index contributed by atoms with van der Waals surface area (Å²) in [6.45, 7) is 5.45. The Morgan fingerprint density at radius 3 is 2.42 bits per heavy atom. The van der Waals surface area contributed by atoms with E-state index in [2.05, 4.69) is 10.6 Å². The molecular weight excluding hydrogens is 336 g/mol. The monoisotopic (exact) mass is 360 g/mol. The smallest absolute Gasteiger partial charge is 0.407 e. The molecule has 1 aliphatic rings. The van der Waals surface area contributed by atoms with E-state index in [1.165, 1.54) is 6.07 Å². The van der Waals surface area contributed by atoms with Crippen LogP contribution in [0.2, 0.25) is 0 Å². The summed E-state index contributed by atoms with van der Waals surface area (Å²) in [7, 11) is 0. The molecule has 0 aliphatic heterocycles. The van der Waals surface area contributed by atoms with E-state index in [1.54, 1.807) is 12.1 Å². The number of rotatable bonds is 4. The van der Waals surface area contributed by atoms with Gasteiger partial charge in [0.1, 0.15) is 11.3 Å². The van der Waals surface area contributed by atoms with Crippen molar-refractivity contribution in [2.24, 2.45) is 0 Å². The molecule has 1 saturated carbocycles. The van der Waals surface area contributed by atoms with Crippen LogP contribution in [-0.4, -0.2) is 28.7 Å². The minimum atomic E-state index is -0.530. The third-order valence-corrected chi connectivity index (χ3v) is 4.13. The first kappa shape index (κ1) is 19.5. The van der Waals surface area contributed by atoms with Crippen LogP contribution in [0.3, 0.4) is 0 Å². The average Bonchev–Trinajstić information content (AvgIpc) is 2.55. The second kappa shape index (κ2) is 8.04. The molecule has 1 fully saturated rings. The lowest BCUT2D eigenvalue weighted by Gasteiger charge is -2.31. The number of carbonyl (C=O) groups is 1. The van der Waals surface area contributed by atoms with Crippen LogP contribution in [0.4, 0.5) is 16.2 Å². The van der Waals surface area contributed by atoms with E-state index in [-0.39, 0.29) is 23.3 Å². The summed E-state index contributed by atoms with van der Waals surface area (Å²) in [5.74, 6) is 0. The molecule has 140 valence electrons. The number of hydrogen-bond acceptors (Lipinski definition) is 6. The number of nitriles is 1. The Morgan fingerprint density at radius 1 is 1.27 bits per heavy atom.